The van der Waals surface area contributed by atoms with E-state index in [1.807, 2.05) is 43.3 Å². The standard InChI is InChI=1S/C16H18N2O2S/c1-12-6-3-4-8-14(12)21-11-15(19)18-10-13-7-5-9-17-16(13)20-2/h3-9H,10-11H2,1-2H3,(H,18,19). The summed E-state index contributed by atoms with van der Waals surface area (Å²) in [6.07, 6.45) is 1.66. The molecule has 0 saturated carbocycles. The van der Waals surface area contributed by atoms with E-state index in [1.54, 1.807) is 25.1 Å². The van der Waals surface area contributed by atoms with Gasteiger partial charge in [-0.3, -0.25) is 4.79 Å². The minimum atomic E-state index is -0.00541. The molecule has 1 aromatic heterocycles. The molecular weight excluding hydrogens is 284 g/mol. The maximum atomic E-state index is 11.9. The highest BCUT2D eigenvalue weighted by Crippen LogP contribution is 2.21. The van der Waals surface area contributed by atoms with E-state index in [1.165, 1.54) is 5.56 Å². The van der Waals surface area contributed by atoms with Crippen molar-refractivity contribution in [3.8, 4) is 5.88 Å². The number of aryl methyl sites for hydroxylation is 1. The van der Waals surface area contributed by atoms with E-state index in [0.717, 1.165) is 10.5 Å². The van der Waals surface area contributed by atoms with Crippen LogP contribution in [0.1, 0.15) is 11.1 Å². The topological polar surface area (TPSA) is 51.2 Å². The van der Waals surface area contributed by atoms with Crippen LogP contribution in [0, 0.1) is 6.92 Å². The highest BCUT2D eigenvalue weighted by Gasteiger charge is 2.07. The highest BCUT2D eigenvalue weighted by atomic mass is 32.2. The van der Waals surface area contributed by atoms with E-state index in [9.17, 15) is 4.79 Å². The third-order valence-corrected chi connectivity index (χ3v) is 4.15. The molecule has 0 fully saturated rings. The highest BCUT2D eigenvalue weighted by molar-refractivity contribution is 8.00. The Hall–Kier alpha value is -2.01. The van der Waals surface area contributed by atoms with Crippen molar-refractivity contribution in [1.29, 1.82) is 0 Å². The molecule has 0 aliphatic carbocycles. The molecule has 1 amide bonds. The molecule has 0 bridgehead atoms. The van der Waals surface area contributed by atoms with Crippen molar-refractivity contribution in [2.75, 3.05) is 12.9 Å². The van der Waals surface area contributed by atoms with E-state index in [0.29, 0.717) is 18.2 Å². The van der Waals surface area contributed by atoms with Crippen molar-refractivity contribution < 1.29 is 9.53 Å². The molecule has 1 heterocycles. The molecule has 0 aliphatic heterocycles. The van der Waals surface area contributed by atoms with E-state index in [4.69, 9.17) is 4.74 Å². The number of hydrogen-bond donors (Lipinski definition) is 1. The van der Waals surface area contributed by atoms with Crippen molar-refractivity contribution in [2.24, 2.45) is 0 Å². The molecule has 0 aliphatic rings. The molecule has 2 rings (SSSR count). The Morgan fingerprint density at radius 1 is 1.29 bits per heavy atom. The molecular formula is C16H18N2O2S. The zero-order chi connectivity index (χ0) is 15.1. The van der Waals surface area contributed by atoms with Gasteiger partial charge in [0.25, 0.3) is 0 Å². The van der Waals surface area contributed by atoms with Crippen molar-refractivity contribution in [1.82, 2.24) is 10.3 Å². The van der Waals surface area contributed by atoms with Gasteiger partial charge in [-0.05, 0) is 24.6 Å². The fourth-order valence-electron chi connectivity index (χ4n) is 1.85. The molecule has 21 heavy (non-hydrogen) atoms. The molecule has 1 N–H and O–H groups in total. The molecule has 5 heteroatoms. The second-order valence-electron chi connectivity index (χ2n) is 4.50. The maximum Gasteiger partial charge on any atom is 0.230 e. The van der Waals surface area contributed by atoms with Crippen molar-refractivity contribution in [3.05, 3.63) is 53.7 Å². The van der Waals surface area contributed by atoms with Crippen LogP contribution < -0.4 is 10.1 Å². The van der Waals surface area contributed by atoms with Gasteiger partial charge < -0.3 is 10.1 Å². The number of aromatic nitrogens is 1. The number of carbonyl (C=O) groups is 1. The number of nitrogens with one attached hydrogen (secondary N) is 1. The Balaban J connectivity index is 1.84. The van der Waals surface area contributed by atoms with Crippen molar-refractivity contribution in [3.63, 3.8) is 0 Å². The molecule has 0 saturated heterocycles. The normalized spacial score (nSPS) is 10.2. The summed E-state index contributed by atoms with van der Waals surface area (Å²) in [5, 5.41) is 2.88. The number of pyridine rings is 1. The van der Waals surface area contributed by atoms with E-state index >= 15 is 0 Å². The number of nitrogens with zero attached hydrogens (tertiary/aromatic N) is 1. The van der Waals surface area contributed by atoms with Gasteiger partial charge in [0.1, 0.15) is 0 Å². The largest absolute Gasteiger partial charge is 0.481 e. The van der Waals surface area contributed by atoms with Crippen LogP contribution in [0.3, 0.4) is 0 Å². The van der Waals surface area contributed by atoms with Gasteiger partial charge >= 0.3 is 0 Å². The quantitative estimate of drug-likeness (QED) is 0.834. The summed E-state index contributed by atoms with van der Waals surface area (Å²) >= 11 is 1.54. The first-order valence-electron chi connectivity index (χ1n) is 6.63. The lowest BCUT2D eigenvalue weighted by Crippen LogP contribution is -2.24. The van der Waals surface area contributed by atoms with E-state index < -0.39 is 0 Å². The lowest BCUT2D eigenvalue weighted by molar-refractivity contribution is -0.118. The Kier molecular flexibility index (Phi) is 5.63. The molecule has 0 atom stereocenters. The summed E-state index contributed by atoms with van der Waals surface area (Å²) in [7, 11) is 1.57. The van der Waals surface area contributed by atoms with Crippen molar-refractivity contribution in [2.45, 2.75) is 18.4 Å². The maximum absolute atomic E-state index is 11.9. The average Bonchev–Trinajstić information content (AvgIpc) is 2.52. The van der Waals surface area contributed by atoms with Crippen LogP contribution in [-0.2, 0) is 11.3 Å². The Bertz CT molecular complexity index is 617. The molecule has 1 aromatic carbocycles. The number of benzene rings is 1. The van der Waals surface area contributed by atoms with Gasteiger partial charge in [0, 0.05) is 23.2 Å². The molecule has 0 unspecified atom stereocenters. The molecule has 0 spiro atoms. The molecule has 2 aromatic rings. The summed E-state index contributed by atoms with van der Waals surface area (Å²) in [4.78, 5) is 17.1. The van der Waals surface area contributed by atoms with Crippen molar-refractivity contribution >= 4 is 17.7 Å². The van der Waals surface area contributed by atoms with Gasteiger partial charge in [0.15, 0.2) is 0 Å². The second kappa shape index (κ2) is 7.69. The number of thioether (sulfide) groups is 1. The molecule has 4 nitrogen and oxygen atoms in total. The summed E-state index contributed by atoms with van der Waals surface area (Å²) in [5.41, 5.74) is 2.05. The fraction of sp³-hybridized carbons (Fsp3) is 0.250. The lowest BCUT2D eigenvalue weighted by atomic mass is 10.2. The minimum Gasteiger partial charge on any atom is -0.481 e. The Morgan fingerprint density at radius 3 is 2.86 bits per heavy atom. The van der Waals surface area contributed by atoms with Crippen LogP contribution >= 0.6 is 11.8 Å². The summed E-state index contributed by atoms with van der Waals surface area (Å²) in [6, 6.07) is 11.8. The number of methoxy groups -OCH3 is 1. The monoisotopic (exact) mass is 302 g/mol. The predicted molar refractivity (Wildman–Crippen MR) is 84.5 cm³/mol. The van der Waals surface area contributed by atoms with Gasteiger partial charge in [-0.1, -0.05) is 24.3 Å². The van der Waals surface area contributed by atoms with Crippen LogP contribution in [0.2, 0.25) is 0 Å². The third kappa shape index (κ3) is 4.49. The third-order valence-electron chi connectivity index (χ3n) is 2.97. The first-order chi connectivity index (χ1) is 10.2. The number of ether oxygens (including phenoxy) is 1. The first-order valence-corrected chi connectivity index (χ1v) is 7.62. The zero-order valence-electron chi connectivity index (χ0n) is 12.1. The zero-order valence-corrected chi connectivity index (χ0v) is 12.9. The smallest absolute Gasteiger partial charge is 0.230 e. The second-order valence-corrected chi connectivity index (χ2v) is 5.52. The average molecular weight is 302 g/mol. The van der Waals surface area contributed by atoms with Crippen LogP contribution in [0.25, 0.3) is 0 Å². The van der Waals surface area contributed by atoms with Crippen LogP contribution in [0.5, 0.6) is 5.88 Å². The summed E-state index contributed by atoms with van der Waals surface area (Å²) in [6.45, 7) is 2.46. The number of carbonyl (C=O) groups excluding carboxylic acids is 1. The lowest BCUT2D eigenvalue weighted by Gasteiger charge is -2.09. The SMILES string of the molecule is COc1ncccc1CNC(=O)CSc1ccccc1C. The minimum absolute atomic E-state index is 0.00541. The fourth-order valence-corrected chi connectivity index (χ4v) is 2.71. The van der Waals surface area contributed by atoms with E-state index in [2.05, 4.69) is 10.3 Å². The Morgan fingerprint density at radius 2 is 2.10 bits per heavy atom. The van der Waals surface area contributed by atoms with Gasteiger partial charge in [-0.25, -0.2) is 4.98 Å². The molecule has 0 radical (unpaired) electrons. The van der Waals surface area contributed by atoms with E-state index in [-0.39, 0.29) is 5.91 Å². The number of hydrogen-bond acceptors (Lipinski definition) is 4. The predicted octanol–water partition coefficient (Wildman–Crippen LogP) is 2.81. The van der Waals surface area contributed by atoms with Gasteiger partial charge in [0.05, 0.1) is 12.9 Å². The van der Waals surface area contributed by atoms with Crippen LogP contribution in [-0.4, -0.2) is 23.8 Å². The Labute approximate surface area is 128 Å². The first kappa shape index (κ1) is 15.4. The van der Waals surface area contributed by atoms with Crippen LogP contribution in [0.15, 0.2) is 47.5 Å². The summed E-state index contributed by atoms with van der Waals surface area (Å²) in [5.74, 6) is 0.937. The number of rotatable bonds is 6. The summed E-state index contributed by atoms with van der Waals surface area (Å²) < 4.78 is 5.16. The van der Waals surface area contributed by atoms with Gasteiger partial charge in [-0.15, -0.1) is 11.8 Å². The van der Waals surface area contributed by atoms with Crippen LogP contribution in [0.4, 0.5) is 0 Å². The number of amides is 1. The van der Waals surface area contributed by atoms with Gasteiger partial charge in [-0.2, -0.15) is 0 Å². The molecule has 110 valence electrons. The van der Waals surface area contributed by atoms with Gasteiger partial charge in [0.2, 0.25) is 11.8 Å².